The first-order valence-corrected chi connectivity index (χ1v) is 14.5. The molecule has 2 aliphatic rings. The van der Waals surface area contributed by atoms with Crippen LogP contribution in [0, 0.1) is 41.4 Å². The summed E-state index contributed by atoms with van der Waals surface area (Å²) < 4.78 is 0. The summed E-state index contributed by atoms with van der Waals surface area (Å²) in [4.78, 5) is 0. The Morgan fingerprint density at radius 1 is 1.24 bits per heavy atom. The summed E-state index contributed by atoms with van der Waals surface area (Å²) in [6, 6.07) is 0.376. The number of rotatable bonds is 12. The normalized spacial score (nSPS) is 30.1. The highest BCUT2D eigenvalue weighted by molar-refractivity contribution is 5.24. The van der Waals surface area contributed by atoms with Gasteiger partial charge < -0.3 is 5.73 Å². The maximum Gasteiger partial charge on any atom is 0.0268 e. The third kappa shape index (κ3) is 9.07. The SMILES string of the molecule is C#CC(CC1=CC=C(C)CC1)C(CC=C)CCCCC1C(N)CCCCC(C)(CC)CC1CC. The van der Waals surface area contributed by atoms with Crippen molar-refractivity contribution in [1.29, 1.82) is 0 Å². The smallest absolute Gasteiger partial charge is 0.0268 e. The Morgan fingerprint density at radius 2 is 2.03 bits per heavy atom. The summed E-state index contributed by atoms with van der Waals surface area (Å²) in [7, 11) is 0. The lowest BCUT2D eigenvalue weighted by Crippen LogP contribution is -2.36. The fourth-order valence-corrected chi connectivity index (χ4v) is 6.68. The van der Waals surface area contributed by atoms with Gasteiger partial charge in [-0.15, -0.1) is 18.9 Å². The van der Waals surface area contributed by atoms with Crippen molar-refractivity contribution in [3.8, 4) is 12.3 Å². The second kappa shape index (κ2) is 15.0. The van der Waals surface area contributed by atoms with Gasteiger partial charge in [-0.3, -0.25) is 0 Å². The van der Waals surface area contributed by atoms with Crippen molar-refractivity contribution in [2.45, 2.75) is 130 Å². The topological polar surface area (TPSA) is 26.0 Å². The highest BCUT2D eigenvalue weighted by atomic mass is 14.7. The molecule has 6 atom stereocenters. The van der Waals surface area contributed by atoms with Crippen molar-refractivity contribution in [3.63, 3.8) is 0 Å². The van der Waals surface area contributed by atoms with Crippen LogP contribution in [0.1, 0.15) is 124 Å². The molecule has 1 fully saturated rings. The second-order valence-electron chi connectivity index (χ2n) is 12.0. The molecule has 2 rings (SSSR count). The van der Waals surface area contributed by atoms with E-state index in [4.69, 9.17) is 12.2 Å². The fourth-order valence-electron chi connectivity index (χ4n) is 6.68. The molecule has 0 heterocycles. The van der Waals surface area contributed by atoms with Crippen molar-refractivity contribution in [1.82, 2.24) is 0 Å². The predicted octanol–water partition coefficient (Wildman–Crippen LogP) is 9.40. The molecule has 0 aromatic heterocycles. The third-order valence-corrected chi connectivity index (χ3v) is 9.40. The zero-order chi connectivity index (χ0) is 25.0. The first-order chi connectivity index (χ1) is 16.4. The maximum atomic E-state index is 6.84. The van der Waals surface area contributed by atoms with E-state index in [1.165, 1.54) is 94.6 Å². The highest BCUT2D eigenvalue weighted by Crippen LogP contribution is 2.43. The molecule has 1 nitrogen and oxygen atoms in total. The van der Waals surface area contributed by atoms with E-state index in [1.807, 2.05) is 0 Å². The molecule has 0 aromatic rings. The quantitative estimate of drug-likeness (QED) is 0.173. The Kier molecular flexibility index (Phi) is 12.8. The Bertz CT molecular complexity index is 707. The molecule has 0 radical (unpaired) electrons. The number of hydrogen-bond donors (Lipinski definition) is 1. The molecule has 6 unspecified atom stereocenters. The summed E-state index contributed by atoms with van der Waals surface area (Å²) in [6.07, 6.45) is 31.4. The van der Waals surface area contributed by atoms with E-state index in [-0.39, 0.29) is 0 Å². The fraction of sp³-hybridized carbons (Fsp3) is 0.758. The molecule has 0 bridgehead atoms. The molecular weight excluding hydrogens is 410 g/mol. The average molecular weight is 466 g/mol. The van der Waals surface area contributed by atoms with Crippen LogP contribution in [-0.2, 0) is 0 Å². The van der Waals surface area contributed by atoms with E-state index in [2.05, 4.69) is 58.4 Å². The molecule has 2 aliphatic carbocycles. The summed E-state index contributed by atoms with van der Waals surface area (Å²) in [6.45, 7) is 13.6. The highest BCUT2D eigenvalue weighted by Gasteiger charge is 2.33. The van der Waals surface area contributed by atoms with Gasteiger partial charge in [-0.2, -0.15) is 0 Å². The van der Waals surface area contributed by atoms with E-state index in [9.17, 15) is 0 Å². The number of unbranched alkanes of at least 4 members (excludes halogenated alkanes) is 1. The largest absolute Gasteiger partial charge is 0.327 e. The maximum absolute atomic E-state index is 6.84. The zero-order valence-electron chi connectivity index (χ0n) is 23.1. The number of nitrogens with two attached hydrogens (primary N) is 1. The number of allylic oxidation sites excluding steroid dienone is 5. The molecule has 1 heteroatoms. The number of terminal acetylenes is 1. The first kappa shape index (κ1) is 29.0. The van der Waals surface area contributed by atoms with Gasteiger partial charge >= 0.3 is 0 Å². The van der Waals surface area contributed by atoms with Crippen LogP contribution in [0.3, 0.4) is 0 Å². The summed E-state index contributed by atoms with van der Waals surface area (Å²) in [5.41, 5.74) is 10.4. The lowest BCUT2D eigenvalue weighted by Gasteiger charge is -2.37. The standard InChI is InChI=1S/C33H55N/c1-7-15-30(28(8-2)24-27-21-19-26(5)20-22-27)16-11-12-17-31-29(9-3)25-33(6,10-4)23-14-13-18-32(31)34/h2,7,19,21,28-32H,1,9-18,20,22-25,34H2,3-6H3. The van der Waals surface area contributed by atoms with E-state index < -0.39 is 0 Å². The van der Waals surface area contributed by atoms with E-state index >= 15 is 0 Å². The summed E-state index contributed by atoms with van der Waals surface area (Å²) >= 11 is 0. The molecule has 0 saturated heterocycles. The van der Waals surface area contributed by atoms with Crippen LogP contribution in [0.25, 0.3) is 0 Å². The Hall–Kier alpha value is -1.26. The van der Waals surface area contributed by atoms with Gasteiger partial charge in [0.1, 0.15) is 0 Å². The Morgan fingerprint density at radius 3 is 2.65 bits per heavy atom. The van der Waals surface area contributed by atoms with Gasteiger partial charge in [0.05, 0.1) is 0 Å². The van der Waals surface area contributed by atoms with Gasteiger partial charge in [0.25, 0.3) is 0 Å². The molecule has 34 heavy (non-hydrogen) atoms. The summed E-state index contributed by atoms with van der Waals surface area (Å²) in [5, 5.41) is 0. The molecule has 0 aromatic carbocycles. The van der Waals surface area contributed by atoms with E-state index in [1.54, 1.807) is 0 Å². The van der Waals surface area contributed by atoms with Crippen LogP contribution in [-0.4, -0.2) is 6.04 Å². The van der Waals surface area contributed by atoms with Crippen LogP contribution >= 0.6 is 0 Å². The molecule has 1 saturated carbocycles. The Balaban J connectivity index is 1.95. The molecule has 2 N–H and O–H groups in total. The summed E-state index contributed by atoms with van der Waals surface area (Å²) in [5.74, 6) is 5.50. The van der Waals surface area contributed by atoms with Crippen molar-refractivity contribution in [2.24, 2.45) is 34.8 Å². The van der Waals surface area contributed by atoms with Crippen LogP contribution < -0.4 is 5.73 Å². The van der Waals surface area contributed by atoms with Gasteiger partial charge in [-0.1, -0.05) is 88.7 Å². The van der Waals surface area contributed by atoms with Crippen LogP contribution in [0.15, 0.2) is 36.0 Å². The van der Waals surface area contributed by atoms with Crippen molar-refractivity contribution < 1.29 is 0 Å². The molecular formula is C33H55N. The average Bonchev–Trinajstić information content (AvgIpc) is 2.89. The van der Waals surface area contributed by atoms with Gasteiger partial charge in [-0.05, 0) is 87.9 Å². The van der Waals surface area contributed by atoms with Crippen LogP contribution in [0.4, 0.5) is 0 Å². The van der Waals surface area contributed by atoms with Gasteiger partial charge in [0.15, 0.2) is 0 Å². The van der Waals surface area contributed by atoms with Crippen molar-refractivity contribution >= 4 is 0 Å². The number of hydrogen-bond acceptors (Lipinski definition) is 1. The molecule has 192 valence electrons. The second-order valence-corrected chi connectivity index (χ2v) is 12.0. The Labute approximate surface area is 213 Å². The molecule has 0 aliphatic heterocycles. The van der Waals surface area contributed by atoms with Crippen molar-refractivity contribution in [3.05, 3.63) is 36.0 Å². The molecule has 0 spiro atoms. The molecule has 0 amide bonds. The van der Waals surface area contributed by atoms with Gasteiger partial charge in [-0.25, -0.2) is 0 Å². The first-order valence-electron chi connectivity index (χ1n) is 14.5. The van der Waals surface area contributed by atoms with Gasteiger partial charge in [0, 0.05) is 12.0 Å². The predicted molar refractivity (Wildman–Crippen MR) is 152 cm³/mol. The lowest BCUT2D eigenvalue weighted by molar-refractivity contribution is 0.151. The van der Waals surface area contributed by atoms with Crippen LogP contribution in [0.2, 0.25) is 0 Å². The minimum absolute atomic E-state index is 0.330. The van der Waals surface area contributed by atoms with E-state index in [0.717, 1.165) is 18.8 Å². The minimum atomic E-state index is 0.330. The monoisotopic (exact) mass is 465 g/mol. The lowest BCUT2D eigenvalue weighted by atomic mass is 9.69. The van der Waals surface area contributed by atoms with Crippen molar-refractivity contribution in [2.75, 3.05) is 0 Å². The minimum Gasteiger partial charge on any atom is -0.327 e. The van der Waals surface area contributed by atoms with Crippen LogP contribution in [0.5, 0.6) is 0 Å². The van der Waals surface area contributed by atoms with E-state index in [0.29, 0.717) is 29.2 Å². The third-order valence-electron chi connectivity index (χ3n) is 9.40. The van der Waals surface area contributed by atoms with Gasteiger partial charge in [0.2, 0.25) is 0 Å². The zero-order valence-corrected chi connectivity index (χ0v) is 23.1.